The predicted molar refractivity (Wildman–Crippen MR) is 102 cm³/mol. The molecule has 1 aromatic heterocycles. The fourth-order valence-electron chi connectivity index (χ4n) is 5.62. The molecule has 1 amide bonds. The van der Waals surface area contributed by atoms with E-state index in [1.165, 1.54) is 32.1 Å². The predicted octanol–water partition coefficient (Wildman–Crippen LogP) is 4.51. The van der Waals surface area contributed by atoms with Crippen LogP contribution in [-0.2, 0) is 0 Å². The first kappa shape index (κ1) is 17.0. The molecule has 142 valence electrons. The van der Waals surface area contributed by atoms with E-state index in [0.717, 1.165) is 23.9 Å². The topological polar surface area (TPSA) is 59.2 Å². The summed E-state index contributed by atoms with van der Waals surface area (Å²) >= 11 is 0. The van der Waals surface area contributed by atoms with Crippen LogP contribution in [-0.4, -0.2) is 33.5 Å². The van der Waals surface area contributed by atoms with Gasteiger partial charge in [0.15, 0.2) is 5.82 Å². The minimum atomic E-state index is 0.132. The van der Waals surface area contributed by atoms with Gasteiger partial charge < -0.3 is 9.42 Å². The van der Waals surface area contributed by atoms with E-state index in [-0.39, 0.29) is 11.8 Å². The number of aromatic nitrogens is 2. The minimum Gasteiger partial charge on any atom is -0.335 e. The molecule has 2 atom stereocenters. The van der Waals surface area contributed by atoms with Gasteiger partial charge in [-0.3, -0.25) is 4.79 Å². The molecule has 5 heteroatoms. The van der Waals surface area contributed by atoms with Crippen LogP contribution in [0.5, 0.6) is 0 Å². The van der Waals surface area contributed by atoms with Crippen LogP contribution in [0.15, 0.2) is 28.8 Å². The van der Waals surface area contributed by atoms with Crippen LogP contribution < -0.4 is 0 Å². The van der Waals surface area contributed by atoms with Gasteiger partial charge in [-0.2, -0.15) is 4.98 Å². The van der Waals surface area contributed by atoms with E-state index >= 15 is 0 Å². The van der Waals surface area contributed by atoms with Gasteiger partial charge in [0.1, 0.15) is 0 Å². The summed E-state index contributed by atoms with van der Waals surface area (Å²) in [4.78, 5) is 20.3. The zero-order valence-corrected chi connectivity index (χ0v) is 16.1. The highest BCUT2D eigenvalue weighted by atomic mass is 16.5. The first-order valence-corrected chi connectivity index (χ1v) is 10.3. The van der Waals surface area contributed by atoms with Crippen LogP contribution in [0.2, 0.25) is 0 Å². The molecular formula is C22H27N3O2. The standard InChI is InChI=1S/C22H27N3O2/c1-13(2)20-23-21(27-24-20)18-5-3-4-6-19(18)22(26)25-12-16-8-14-7-15(9-16)11-17(25)10-14/h3-6,13-17H,7-12H2,1-2H3. The van der Waals surface area contributed by atoms with Crippen molar-refractivity contribution in [3.05, 3.63) is 35.7 Å². The molecule has 3 heterocycles. The van der Waals surface area contributed by atoms with Gasteiger partial charge in [-0.15, -0.1) is 0 Å². The van der Waals surface area contributed by atoms with E-state index in [1.807, 2.05) is 38.1 Å². The molecule has 2 aliphatic carbocycles. The van der Waals surface area contributed by atoms with Crippen molar-refractivity contribution in [3.8, 4) is 11.5 Å². The number of hydrogen-bond donors (Lipinski definition) is 0. The Morgan fingerprint density at radius 3 is 2.48 bits per heavy atom. The SMILES string of the molecule is CC(C)c1noc(-c2ccccc2C(=O)N2CC3CC4CC(C3)CC2C4)n1. The largest absolute Gasteiger partial charge is 0.335 e. The van der Waals surface area contributed by atoms with Gasteiger partial charge in [-0.25, -0.2) is 0 Å². The molecule has 0 radical (unpaired) electrons. The lowest BCUT2D eigenvalue weighted by atomic mass is 9.68. The summed E-state index contributed by atoms with van der Waals surface area (Å²) in [5.41, 5.74) is 1.45. The number of nitrogens with zero attached hydrogens (tertiary/aromatic N) is 3. The number of amides is 1. The highest BCUT2D eigenvalue weighted by Crippen LogP contribution is 2.47. The van der Waals surface area contributed by atoms with Crippen molar-refractivity contribution < 1.29 is 9.32 Å². The molecule has 1 aromatic carbocycles. The Morgan fingerprint density at radius 1 is 1.07 bits per heavy atom. The zero-order valence-electron chi connectivity index (χ0n) is 16.1. The minimum absolute atomic E-state index is 0.132. The van der Waals surface area contributed by atoms with Crippen molar-refractivity contribution in [1.82, 2.24) is 15.0 Å². The number of fused-ring (bicyclic) bond motifs is 1. The van der Waals surface area contributed by atoms with Crippen molar-refractivity contribution in [2.45, 2.75) is 57.9 Å². The second-order valence-electron chi connectivity index (χ2n) is 9.05. The molecule has 2 aromatic rings. The molecule has 27 heavy (non-hydrogen) atoms. The summed E-state index contributed by atoms with van der Waals surface area (Å²) in [6.45, 7) is 4.98. The first-order chi connectivity index (χ1) is 13.1. The van der Waals surface area contributed by atoms with E-state index in [9.17, 15) is 4.79 Å². The van der Waals surface area contributed by atoms with Gasteiger partial charge in [-0.1, -0.05) is 31.1 Å². The Bertz CT molecular complexity index is 845. The summed E-state index contributed by atoms with van der Waals surface area (Å²) in [6, 6.07) is 8.09. The van der Waals surface area contributed by atoms with Crippen LogP contribution in [0.25, 0.3) is 11.5 Å². The van der Waals surface area contributed by atoms with E-state index in [0.29, 0.717) is 29.2 Å². The third-order valence-corrected chi connectivity index (χ3v) is 6.71. The van der Waals surface area contributed by atoms with Crippen molar-refractivity contribution in [2.24, 2.45) is 17.8 Å². The molecule has 0 N–H and O–H groups in total. The quantitative estimate of drug-likeness (QED) is 0.803. The third kappa shape index (κ3) is 2.97. The maximum absolute atomic E-state index is 13.6. The smallest absolute Gasteiger partial charge is 0.258 e. The van der Waals surface area contributed by atoms with Gasteiger partial charge >= 0.3 is 0 Å². The van der Waals surface area contributed by atoms with E-state index < -0.39 is 0 Å². The fraction of sp³-hybridized carbons (Fsp3) is 0.591. The third-order valence-electron chi connectivity index (χ3n) is 6.71. The molecule has 0 spiro atoms. The molecule has 4 aliphatic rings. The van der Waals surface area contributed by atoms with Crippen LogP contribution in [0.1, 0.15) is 68.1 Å². The fourth-order valence-corrected chi connectivity index (χ4v) is 5.62. The molecule has 4 fully saturated rings. The molecule has 2 saturated heterocycles. The van der Waals surface area contributed by atoms with Gasteiger partial charge in [0.25, 0.3) is 11.8 Å². The summed E-state index contributed by atoms with van der Waals surface area (Å²) in [5.74, 6) is 3.78. The number of carbonyl (C=O) groups excluding carboxylic acids is 1. The average Bonchev–Trinajstić information content (AvgIpc) is 3.07. The molecule has 2 saturated carbocycles. The number of rotatable bonds is 3. The molecule has 5 nitrogen and oxygen atoms in total. The molecule has 6 rings (SSSR count). The second-order valence-corrected chi connectivity index (χ2v) is 9.05. The van der Waals surface area contributed by atoms with Crippen molar-refractivity contribution in [3.63, 3.8) is 0 Å². The van der Waals surface area contributed by atoms with E-state index in [4.69, 9.17) is 4.52 Å². The number of benzene rings is 1. The van der Waals surface area contributed by atoms with E-state index in [1.54, 1.807) is 0 Å². The van der Waals surface area contributed by atoms with Crippen molar-refractivity contribution in [2.75, 3.05) is 6.54 Å². The Labute approximate surface area is 160 Å². The lowest BCUT2D eigenvalue weighted by Crippen LogP contribution is -2.42. The van der Waals surface area contributed by atoms with Crippen LogP contribution >= 0.6 is 0 Å². The Balaban J connectivity index is 1.49. The van der Waals surface area contributed by atoms with Crippen LogP contribution in [0.3, 0.4) is 0 Å². The number of hydrogen-bond acceptors (Lipinski definition) is 4. The first-order valence-electron chi connectivity index (χ1n) is 10.3. The highest BCUT2D eigenvalue weighted by Gasteiger charge is 2.44. The van der Waals surface area contributed by atoms with E-state index in [2.05, 4.69) is 15.0 Å². The Morgan fingerprint density at radius 2 is 1.78 bits per heavy atom. The van der Waals surface area contributed by atoms with Crippen LogP contribution in [0, 0.1) is 17.8 Å². The molecular weight excluding hydrogens is 338 g/mol. The summed E-state index contributed by atoms with van der Waals surface area (Å²) < 4.78 is 5.49. The zero-order chi connectivity index (χ0) is 18.5. The van der Waals surface area contributed by atoms with Gasteiger partial charge in [0.05, 0.1) is 11.1 Å². The highest BCUT2D eigenvalue weighted by molar-refractivity contribution is 6.00. The number of carbonyl (C=O) groups is 1. The van der Waals surface area contributed by atoms with Crippen LogP contribution in [0.4, 0.5) is 0 Å². The average molecular weight is 365 g/mol. The summed E-state index contributed by atoms with van der Waals surface area (Å²) in [5, 5.41) is 4.08. The summed E-state index contributed by atoms with van der Waals surface area (Å²) in [7, 11) is 0. The molecule has 4 bridgehead atoms. The van der Waals surface area contributed by atoms with Crippen molar-refractivity contribution in [1.29, 1.82) is 0 Å². The lowest BCUT2D eigenvalue weighted by molar-refractivity contribution is 0.0633. The molecule has 2 aliphatic heterocycles. The maximum atomic E-state index is 13.6. The van der Waals surface area contributed by atoms with Gasteiger partial charge in [0.2, 0.25) is 0 Å². The summed E-state index contributed by atoms with van der Waals surface area (Å²) in [6.07, 6.45) is 6.35. The van der Waals surface area contributed by atoms with Gasteiger partial charge in [-0.05, 0) is 62.0 Å². The van der Waals surface area contributed by atoms with Crippen molar-refractivity contribution >= 4 is 5.91 Å². The normalized spacial score (nSPS) is 29.4. The monoisotopic (exact) mass is 365 g/mol. The lowest BCUT2D eigenvalue weighted by Gasteiger charge is -2.39. The maximum Gasteiger partial charge on any atom is 0.258 e. The second kappa shape index (κ2) is 6.47. The molecule has 2 unspecified atom stereocenters. The van der Waals surface area contributed by atoms with Gasteiger partial charge in [0, 0.05) is 18.5 Å². The Hall–Kier alpha value is -2.17. The Kier molecular flexibility index (Phi) is 4.06.